The number of hydrogen-bond acceptors (Lipinski definition) is 10. The SMILES string of the molecule is NC(N)=NCCC[C@@H]1NC(=O)[C@H](CCCCNC(=O)[C@@H](N)CS)NC(=O)[C@@H](Cc2ccccc2)NC(=O)[C@H](CC(=O)O)NC(=O)CNC1=O. The van der Waals surface area contributed by atoms with E-state index in [1.165, 1.54) is 0 Å². The molecular formula is C30H46N10O8S. The molecule has 1 heterocycles. The van der Waals surface area contributed by atoms with Crippen molar-refractivity contribution in [1.29, 1.82) is 0 Å². The molecule has 0 unspecified atom stereocenters. The normalized spacial score (nSPS) is 21.3. The molecule has 0 spiro atoms. The summed E-state index contributed by atoms with van der Waals surface area (Å²) in [4.78, 5) is 94.0. The Hall–Kier alpha value is -4.91. The Morgan fingerprint density at radius 2 is 1.45 bits per heavy atom. The van der Waals surface area contributed by atoms with Gasteiger partial charge in [0.05, 0.1) is 19.0 Å². The number of aliphatic carboxylic acids is 1. The molecule has 0 radical (unpaired) electrons. The molecule has 1 saturated heterocycles. The van der Waals surface area contributed by atoms with E-state index in [-0.39, 0.29) is 50.5 Å². The molecule has 13 N–H and O–H groups in total. The van der Waals surface area contributed by atoms with Gasteiger partial charge in [-0.05, 0) is 37.7 Å². The summed E-state index contributed by atoms with van der Waals surface area (Å²) in [5.41, 5.74) is 17.1. The smallest absolute Gasteiger partial charge is 0.305 e. The third-order valence-electron chi connectivity index (χ3n) is 7.33. The van der Waals surface area contributed by atoms with Gasteiger partial charge in [-0.1, -0.05) is 30.3 Å². The summed E-state index contributed by atoms with van der Waals surface area (Å²) < 4.78 is 0. The van der Waals surface area contributed by atoms with Crippen LogP contribution < -0.4 is 49.1 Å². The highest BCUT2D eigenvalue weighted by Crippen LogP contribution is 2.09. The number of carbonyl (C=O) groups is 7. The third kappa shape index (κ3) is 15.2. The predicted octanol–water partition coefficient (Wildman–Crippen LogP) is -3.63. The van der Waals surface area contributed by atoms with Crippen molar-refractivity contribution in [2.45, 2.75) is 75.2 Å². The minimum absolute atomic E-state index is 0.0363. The molecule has 2 rings (SSSR count). The van der Waals surface area contributed by atoms with Crippen LogP contribution in [0.4, 0.5) is 0 Å². The van der Waals surface area contributed by atoms with Crippen LogP contribution in [0.2, 0.25) is 0 Å². The molecule has 6 amide bonds. The van der Waals surface area contributed by atoms with E-state index in [1.54, 1.807) is 30.3 Å². The summed E-state index contributed by atoms with van der Waals surface area (Å²) in [6.07, 6.45) is 0.273. The fourth-order valence-electron chi connectivity index (χ4n) is 4.74. The maximum Gasteiger partial charge on any atom is 0.305 e. The lowest BCUT2D eigenvalue weighted by Gasteiger charge is -2.26. The van der Waals surface area contributed by atoms with Gasteiger partial charge in [-0.2, -0.15) is 12.6 Å². The molecule has 5 atom stereocenters. The molecular weight excluding hydrogens is 660 g/mol. The fourth-order valence-corrected chi connectivity index (χ4v) is 4.90. The van der Waals surface area contributed by atoms with Crippen LogP contribution in [0.15, 0.2) is 35.3 Å². The highest BCUT2D eigenvalue weighted by Gasteiger charge is 2.33. The molecule has 0 aromatic heterocycles. The molecule has 1 aromatic carbocycles. The van der Waals surface area contributed by atoms with E-state index in [0.29, 0.717) is 18.4 Å². The molecule has 0 saturated carbocycles. The van der Waals surface area contributed by atoms with E-state index < -0.39 is 84.6 Å². The van der Waals surface area contributed by atoms with Crippen LogP contribution >= 0.6 is 12.6 Å². The standard InChI is InChI=1S/C30H46N10O8S/c31-18(16-49)25(44)34-11-5-4-9-20-27(46)38-19(10-6-12-35-30(32)33)26(45)36-15-23(41)37-22(14-24(42)43)29(48)40-21(28(47)39-20)13-17-7-2-1-3-8-17/h1-3,7-8,18-22,49H,4-6,9-16,31H2,(H,34,44)(H,36,45)(H,37,41)(H,38,46)(H,39,47)(H,40,48)(H,42,43)(H4,32,33,35)/t18-,19-,20-,21+,22-/m0/s1. The molecule has 1 aromatic rings. The molecule has 0 aliphatic carbocycles. The monoisotopic (exact) mass is 706 g/mol. The average molecular weight is 707 g/mol. The Morgan fingerprint density at radius 3 is 2.08 bits per heavy atom. The summed E-state index contributed by atoms with van der Waals surface area (Å²) >= 11 is 4.00. The number of nitrogens with zero attached hydrogens (tertiary/aromatic N) is 1. The molecule has 49 heavy (non-hydrogen) atoms. The van der Waals surface area contributed by atoms with E-state index in [4.69, 9.17) is 17.2 Å². The molecule has 1 aliphatic heterocycles. The summed E-state index contributed by atoms with van der Waals surface area (Å²) in [7, 11) is 0. The number of benzene rings is 1. The Labute approximate surface area is 288 Å². The topological polar surface area (TPSA) is 302 Å². The van der Waals surface area contributed by atoms with Crippen LogP contribution in [-0.2, 0) is 40.0 Å². The summed E-state index contributed by atoms with van der Waals surface area (Å²) in [5, 5.41) is 24.6. The number of carboxylic acid groups (broad SMARTS) is 1. The highest BCUT2D eigenvalue weighted by molar-refractivity contribution is 7.80. The van der Waals surface area contributed by atoms with Crippen LogP contribution in [0.1, 0.15) is 44.1 Å². The first kappa shape index (κ1) is 40.3. The van der Waals surface area contributed by atoms with Crippen LogP contribution in [0, 0.1) is 0 Å². The average Bonchev–Trinajstić information content (AvgIpc) is 3.06. The molecule has 270 valence electrons. The first-order valence-electron chi connectivity index (χ1n) is 15.7. The number of carboxylic acids is 1. The molecule has 19 heteroatoms. The number of nitrogens with two attached hydrogens (primary N) is 3. The Morgan fingerprint density at radius 1 is 0.857 bits per heavy atom. The number of unbranched alkanes of at least 4 members (excludes halogenated alkanes) is 1. The van der Waals surface area contributed by atoms with Crippen molar-refractivity contribution >= 4 is 60.0 Å². The van der Waals surface area contributed by atoms with E-state index in [2.05, 4.69) is 49.5 Å². The van der Waals surface area contributed by atoms with E-state index >= 15 is 0 Å². The van der Waals surface area contributed by atoms with Gasteiger partial charge >= 0.3 is 5.97 Å². The third-order valence-corrected chi connectivity index (χ3v) is 7.73. The second kappa shape index (κ2) is 21.1. The zero-order chi connectivity index (χ0) is 36.3. The summed E-state index contributed by atoms with van der Waals surface area (Å²) in [6, 6.07) is 2.59. The predicted molar refractivity (Wildman–Crippen MR) is 182 cm³/mol. The molecule has 1 aliphatic rings. The van der Waals surface area contributed by atoms with Gasteiger partial charge in [-0.15, -0.1) is 0 Å². The van der Waals surface area contributed by atoms with Gasteiger partial charge in [-0.25, -0.2) is 0 Å². The number of amides is 6. The van der Waals surface area contributed by atoms with Gasteiger partial charge in [0.1, 0.15) is 24.2 Å². The minimum atomic E-state index is -1.59. The Balaban J connectivity index is 2.41. The van der Waals surface area contributed by atoms with Crippen molar-refractivity contribution in [2.75, 3.05) is 25.4 Å². The first-order chi connectivity index (χ1) is 23.3. The molecule has 1 fully saturated rings. The van der Waals surface area contributed by atoms with E-state index in [1.807, 2.05) is 0 Å². The maximum absolute atomic E-state index is 13.8. The Bertz CT molecular complexity index is 1340. The number of nitrogens with one attached hydrogen (secondary N) is 6. The quantitative estimate of drug-likeness (QED) is 0.0366. The van der Waals surface area contributed by atoms with E-state index in [0.717, 1.165) is 0 Å². The lowest BCUT2D eigenvalue weighted by atomic mass is 10.0. The van der Waals surface area contributed by atoms with Crippen LogP contribution in [0.25, 0.3) is 0 Å². The number of aliphatic imine (C=N–C) groups is 1. The van der Waals surface area contributed by atoms with Gasteiger partial charge < -0.3 is 54.2 Å². The van der Waals surface area contributed by atoms with Gasteiger partial charge in [0.15, 0.2) is 5.96 Å². The van der Waals surface area contributed by atoms with Gasteiger partial charge in [0, 0.05) is 25.3 Å². The molecule has 0 bridgehead atoms. The van der Waals surface area contributed by atoms with Crippen LogP contribution in [0.3, 0.4) is 0 Å². The van der Waals surface area contributed by atoms with Crippen molar-refractivity contribution in [3.8, 4) is 0 Å². The number of guanidine groups is 1. The van der Waals surface area contributed by atoms with Crippen molar-refractivity contribution < 1.29 is 38.7 Å². The van der Waals surface area contributed by atoms with Crippen LogP contribution in [-0.4, -0.2) is 108 Å². The second-order valence-corrected chi connectivity index (χ2v) is 11.7. The van der Waals surface area contributed by atoms with Gasteiger partial charge in [0.2, 0.25) is 35.4 Å². The zero-order valence-corrected chi connectivity index (χ0v) is 27.9. The first-order valence-corrected chi connectivity index (χ1v) is 16.4. The molecule has 18 nitrogen and oxygen atoms in total. The highest BCUT2D eigenvalue weighted by atomic mass is 32.1. The van der Waals surface area contributed by atoms with Crippen molar-refractivity contribution in [1.82, 2.24) is 31.9 Å². The number of hydrogen-bond donors (Lipinski definition) is 11. The number of carbonyl (C=O) groups excluding carboxylic acids is 6. The maximum atomic E-state index is 13.8. The Kier molecular flexibility index (Phi) is 17.4. The lowest BCUT2D eigenvalue weighted by molar-refractivity contribution is -0.141. The van der Waals surface area contributed by atoms with Gasteiger partial charge in [0.25, 0.3) is 0 Å². The summed E-state index contributed by atoms with van der Waals surface area (Å²) in [5.74, 6) is -5.87. The second-order valence-electron chi connectivity index (χ2n) is 11.3. The van der Waals surface area contributed by atoms with Crippen molar-refractivity contribution in [2.24, 2.45) is 22.2 Å². The number of rotatable bonds is 15. The van der Waals surface area contributed by atoms with Crippen molar-refractivity contribution in [3.63, 3.8) is 0 Å². The zero-order valence-electron chi connectivity index (χ0n) is 27.0. The fraction of sp³-hybridized carbons (Fsp3) is 0.533. The summed E-state index contributed by atoms with van der Waals surface area (Å²) in [6.45, 7) is -0.271. The van der Waals surface area contributed by atoms with Crippen LogP contribution in [0.5, 0.6) is 0 Å². The minimum Gasteiger partial charge on any atom is -0.481 e. The van der Waals surface area contributed by atoms with E-state index in [9.17, 15) is 38.7 Å². The number of thiol groups is 1. The van der Waals surface area contributed by atoms with Crippen molar-refractivity contribution in [3.05, 3.63) is 35.9 Å². The lowest BCUT2D eigenvalue weighted by Crippen LogP contribution is -2.58. The van der Waals surface area contributed by atoms with Gasteiger partial charge in [-0.3, -0.25) is 38.6 Å². The largest absolute Gasteiger partial charge is 0.481 e.